The minimum atomic E-state index is 0. The van der Waals surface area contributed by atoms with Gasteiger partial charge in [0.2, 0.25) is 0 Å². The first-order valence-corrected chi connectivity index (χ1v) is 3.75. The van der Waals surface area contributed by atoms with Crippen LogP contribution in [-0.4, -0.2) is 26.2 Å². The van der Waals surface area contributed by atoms with Gasteiger partial charge >= 0.3 is 0 Å². The van der Waals surface area contributed by atoms with Crippen molar-refractivity contribution in [3.8, 4) is 0 Å². The fraction of sp³-hybridized carbons (Fsp3) is 0.375. The van der Waals surface area contributed by atoms with Gasteiger partial charge in [0.15, 0.2) is 0 Å². The van der Waals surface area contributed by atoms with Crippen molar-refractivity contribution in [2.24, 2.45) is 0 Å². The average molecular weight is 252 g/mol. The molecule has 0 aliphatic heterocycles. The molecule has 0 aromatic carbocycles. The van der Waals surface area contributed by atoms with Crippen LogP contribution in [0.3, 0.4) is 0 Å². The van der Waals surface area contributed by atoms with Crippen LogP contribution in [0.1, 0.15) is 0 Å². The maximum atomic E-state index is 4.50. The van der Waals surface area contributed by atoms with E-state index in [1.165, 1.54) is 12.8 Å². The van der Waals surface area contributed by atoms with Crippen molar-refractivity contribution >= 4 is 17.6 Å². The topological polar surface area (TPSA) is 25.4 Å². The van der Waals surface area contributed by atoms with Gasteiger partial charge < -0.3 is 4.90 Å². The molecule has 1 aromatic heterocycles. The molecule has 0 aliphatic carbocycles. The third-order valence-electron chi connectivity index (χ3n) is 1.18. The fourth-order valence-electron chi connectivity index (χ4n) is 0.642. The van der Waals surface area contributed by atoms with Gasteiger partial charge in [0.1, 0.15) is 0 Å². The summed E-state index contributed by atoms with van der Waals surface area (Å²) in [4.78, 5) is 5.94. The van der Waals surface area contributed by atoms with Crippen LogP contribution < -0.4 is 4.90 Å². The molecule has 0 amide bonds. The van der Waals surface area contributed by atoms with E-state index in [2.05, 4.69) is 21.1 Å². The van der Waals surface area contributed by atoms with Crippen LogP contribution in [0.25, 0.3) is 0 Å². The van der Waals surface area contributed by atoms with E-state index in [1.54, 1.807) is 12.4 Å². The van der Waals surface area contributed by atoms with E-state index < -0.39 is 0 Å². The van der Waals surface area contributed by atoms with E-state index in [0.717, 1.165) is 0 Å². The summed E-state index contributed by atoms with van der Waals surface area (Å²) in [5, 5.41) is 0. The Morgan fingerprint density at radius 1 is 1.31 bits per heavy atom. The summed E-state index contributed by atoms with van der Waals surface area (Å²) in [7, 11) is 5.41. The molecule has 0 N–H and O–H groups in total. The molecule has 0 saturated carbocycles. The molecule has 1 radical (unpaired) electrons. The smallest absolute Gasteiger partial charge is 0.0606 e. The SMILES string of the molecule is CN(C)c1ccncc1.COCl.[Cu]. The molecule has 0 aliphatic rings. The molecular formula is C8H13ClCuN2O. The van der Waals surface area contributed by atoms with E-state index in [9.17, 15) is 0 Å². The van der Waals surface area contributed by atoms with Crippen molar-refractivity contribution in [2.75, 3.05) is 26.1 Å². The summed E-state index contributed by atoms with van der Waals surface area (Å²) in [5.74, 6) is 0. The number of nitrogens with zero attached hydrogens (tertiary/aromatic N) is 2. The number of hydrogen-bond donors (Lipinski definition) is 0. The van der Waals surface area contributed by atoms with Gasteiger partial charge in [-0.1, -0.05) is 0 Å². The largest absolute Gasteiger partial charge is 0.378 e. The fourth-order valence-corrected chi connectivity index (χ4v) is 0.642. The summed E-state index contributed by atoms with van der Waals surface area (Å²) >= 11 is 4.50. The first kappa shape index (κ1) is 15.2. The summed E-state index contributed by atoms with van der Waals surface area (Å²) in [5.41, 5.74) is 1.19. The molecular weight excluding hydrogens is 239 g/mol. The Hall–Kier alpha value is -0.281. The van der Waals surface area contributed by atoms with Gasteiger partial charge in [-0.15, -0.1) is 0 Å². The van der Waals surface area contributed by atoms with Crippen molar-refractivity contribution in [3.63, 3.8) is 0 Å². The molecule has 3 nitrogen and oxygen atoms in total. The zero-order valence-corrected chi connectivity index (χ0v) is 9.49. The quantitative estimate of drug-likeness (QED) is 0.714. The van der Waals surface area contributed by atoms with Crippen LogP contribution in [0.15, 0.2) is 24.5 Å². The summed E-state index contributed by atoms with van der Waals surface area (Å²) in [6.45, 7) is 0. The van der Waals surface area contributed by atoms with Crippen molar-refractivity contribution in [3.05, 3.63) is 24.5 Å². The van der Waals surface area contributed by atoms with Crippen LogP contribution in [-0.2, 0) is 21.4 Å². The van der Waals surface area contributed by atoms with Gasteiger partial charge in [0, 0.05) is 49.2 Å². The van der Waals surface area contributed by atoms with Crippen LogP contribution in [0.2, 0.25) is 0 Å². The molecule has 0 spiro atoms. The van der Waals surface area contributed by atoms with E-state index in [4.69, 9.17) is 0 Å². The Bertz CT molecular complexity index is 197. The first-order valence-electron chi connectivity index (χ1n) is 3.44. The standard InChI is InChI=1S/C7H10N2.CH3ClO.Cu/c1-9(2)7-3-5-8-6-4-7;1-3-2;/h3-6H,1-2H3;1H3;. The van der Waals surface area contributed by atoms with Crippen molar-refractivity contribution in [1.29, 1.82) is 0 Å². The predicted molar refractivity (Wildman–Crippen MR) is 51.4 cm³/mol. The monoisotopic (exact) mass is 251 g/mol. The Kier molecular flexibility index (Phi) is 11.5. The maximum absolute atomic E-state index is 4.50. The van der Waals surface area contributed by atoms with E-state index in [1.807, 2.05) is 31.1 Å². The maximum Gasteiger partial charge on any atom is 0.0606 e. The van der Waals surface area contributed by atoms with Gasteiger partial charge in [-0.05, 0) is 12.1 Å². The van der Waals surface area contributed by atoms with Crippen molar-refractivity contribution in [1.82, 2.24) is 4.98 Å². The second-order valence-electron chi connectivity index (χ2n) is 2.25. The van der Waals surface area contributed by atoms with Gasteiger partial charge in [0.05, 0.1) is 19.0 Å². The number of aromatic nitrogens is 1. The second kappa shape index (κ2) is 9.80. The van der Waals surface area contributed by atoms with Gasteiger partial charge in [-0.25, -0.2) is 0 Å². The van der Waals surface area contributed by atoms with E-state index in [0.29, 0.717) is 0 Å². The third-order valence-corrected chi connectivity index (χ3v) is 1.18. The average Bonchev–Trinajstić information content (AvgIpc) is 2.07. The molecule has 79 valence electrons. The van der Waals surface area contributed by atoms with E-state index in [-0.39, 0.29) is 17.1 Å². The zero-order chi connectivity index (χ0) is 9.40. The third kappa shape index (κ3) is 8.06. The van der Waals surface area contributed by atoms with Crippen molar-refractivity contribution in [2.45, 2.75) is 0 Å². The second-order valence-corrected chi connectivity index (χ2v) is 2.56. The summed E-state index contributed by atoms with van der Waals surface area (Å²) in [6.07, 6.45) is 3.57. The Labute approximate surface area is 94.7 Å². The number of anilines is 1. The molecule has 5 heteroatoms. The molecule has 1 heterocycles. The molecule has 0 unspecified atom stereocenters. The van der Waals surface area contributed by atoms with Gasteiger partial charge in [-0.2, -0.15) is 0 Å². The van der Waals surface area contributed by atoms with Crippen LogP contribution >= 0.6 is 11.9 Å². The Balaban J connectivity index is 0. The molecule has 1 rings (SSSR count). The molecule has 1 aromatic rings. The predicted octanol–water partition coefficient (Wildman–Crippen LogP) is 1.93. The zero-order valence-electron chi connectivity index (χ0n) is 7.79. The number of rotatable bonds is 1. The Morgan fingerprint density at radius 3 is 1.92 bits per heavy atom. The van der Waals surface area contributed by atoms with Crippen molar-refractivity contribution < 1.29 is 21.4 Å². The van der Waals surface area contributed by atoms with Crippen LogP contribution in [0, 0.1) is 0 Å². The summed E-state index contributed by atoms with van der Waals surface area (Å²) in [6, 6.07) is 3.94. The molecule has 0 fully saturated rings. The number of halogens is 1. The number of hydrogen-bond acceptors (Lipinski definition) is 3. The van der Waals surface area contributed by atoms with Crippen LogP contribution in [0.4, 0.5) is 5.69 Å². The minimum Gasteiger partial charge on any atom is -0.378 e. The first-order chi connectivity index (χ1) is 5.72. The number of pyridine rings is 1. The van der Waals surface area contributed by atoms with Gasteiger partial charge in [-0.3, -0.25) is 9.27 Å². The summed E-state index contributed by atoms with van der Waals surface area (Å²) < 4.78 is 3.72. The molecule has 0 atom stereocenters. The normalized spacial score (nSPS) is 7.69. The molecule has 0 saturated heterocycles. The van der Waals surface area contributed by atoms with Gasteiger partial charge in [0.25, 0.3) is 0 Å². The minimum absolute atomic E-state index is 0. The molecule has 13 heavy (non-hydrogen) atoms. The van der Waals surface area contributed by atoms with E-state index >= 15 is 0 Å². The molecule has 0 bridgehead atoms. The Morgan fingerprint density at radius 2 is 1.69 bits per heavy atom. The van der Waals surface area contributed by atoms with Crippen LogP contribution in [0.5, 0.6) is 0 Å².